The molecule has 0 radical (unpaired) electrons. The highest BCUT2D eigenvalue weighted by Crippen LogP contribution is 2.61. The first-order valence-corrected chi connectivity index (χ1v) is 22.4. The van der Waals surface area contributed by atoms with Crippen LogP contribution < -0.4 is 10.6 Å². The zero-order valence-electron chi connectivity index (χ0n) is 32.8. The molecule has 0 aromatic carbocycles. The number of halogens is 1. The van der Waals surface area contributed by atoms with Crippen LogP contribution >= 0.6 is 27.7 Å². The summed E-state index contributed by atoms with van der Waals surface area (Å²) in [6.07, 6.45) is 8.74. The van der Waals surface area contributed by atoms with Gasteiger partial charge in [-0.1, -0.05) is 43.1 Å². The van der Waals surface area contributed by atoms with Gasteiger partial charge in [-0.2, -0.15) is 16.8 Å². The van der Waals surface area contributed by atoms with Crippen molar-refractivity contribution in [3.63, 3.8) is 0 Å². The molecule has 2 bridgehead atoms. The number of rotatable bonds is 13. The number of hydrogen-bond donors (Lipinski definition) is 4. The van der Waals surface area contributed by atoms with Gasteiger partial charge in [0.25, 0.3) is 0 Å². The summed E-state index contributed by atoms with van der Waals surface area (Å²) in [5, 5.41) is 30.5. The Balaban J connectivity index is 1.13. The summed E-state index contributed by atoms with van der Waals surface area (Å²) in [4.78, 5) is 37.2. The fraction of sp³-hybridized carbons (Fsp3) is 0.950. The average molecular weight is 814 g/mol. The van der Waals surface area contributed by atoms with Gasteiger partial charge in [0.15, 0.2) is 0 Å². The number of carbonyl (C=O) groups excluding carboxylic acids is 2. The first kappa shape index (κ1) is 41.2. The van der Waals surface area contributed by atoms with Crippen molar-refractivity contribution < 1.29 is 29.4 Å². The second kappa shape index (κ2) is 17.3. The number of hydrogen-bond acceptors (Lipinski definition) is 9. The summed E-state index contributed by atoms with van der Waals surface area (Å²) < 4.78 is 6.39. The van der Waals surface area contributed by atoms with Crippen LogP contribution in [-0.4, -0.2) is 125 Å². The number of aliphatic hydroxyl groups excluding tert-OH is 2. The number of aliphatic hydroxyl groups is 2. The van der Waals surface area contributed by atoms with Crippen molar-refractivity contribution in [2.24, 2.45) is 52.8 Å². The molecule has 2 heterocycles. The number of nitrogens with one attached hydrogen (secondary N) is 2. The molecule has 12 heteroatoms. The van der Waals surface area contributed by atoms with Gasteiger partial charge in [-0.3, -0.25) is 14.4 Å². The smallest absolute Gasteiger partial charge is 0.240 e. The number of thioether (sulfide) groups is 1. The van der Waals surface area contributed by atoms with Crippen LogP contribution in [0.5, 0.6) is 0 Å². The molecule has 0 spiro atoms. The van der Waals surface area contributed by atoms with Crippen LogP contribution in [0.25, 0.3) is 0 Å². The van der Waals surface area contributed by atoms with Gasteiger partial charge in [0.1, 0.15) is 12.1 Å². The zero-order chi connectivity index (χ0) is 37.5. The molecule has 7 aliphatic rings. The number of nitrogens with zero attached hydrogens (tertiary/aromatic N) is 2. The SMILES string of the molecule is COC1C(CN2O[C@@H](CO)[C@H]([C@H](C)O)[C@H]2C(=O)N[C@H]2C[C@H]3C[C@@H]([C@@H]2C)C3(C)C)CCCC1C1CC(C(=O)NCCC2CC(Br)CS2)CC(N(C)C)C1. The molecule has 8 unspecified atom stereocenters. The van der Waals surface area contributed by atoms with E-state index >= 15 is 0 Å². The molecule has 16 atom stereocenters. The summed E-state index contributed by atoms with van der Waals surface area (Å²) in [5.74, 6) is 3.04. The van der Waals surface area contributed by atoms with Gasteiger partial charge < -0.3 is 30.5 Å². The van der Waals surface area contributed by atoms with E-state index in [1.165, 1.54) is 12.8 Å². The number of amides is 2. The molecule has 298 valence electrons. The van der Waals surface area contributed by atoms with E-state index in [0.29, 0.717) is 57.7 Å². The first-order chi connectivity index (χ1) is 24.7. The van der Waals surface area contributed by atoms with Gasteiger partial charge >= 0.3 is 0 Å². The molecule has 0 aromatic rings. The fourth-order valence-electron chi connectivity index (χ4n) is 11.8. The highest BCUT2D eigenvalue weighted by atomic mass is 79.9. The number of methoxy groups -OCH3 is 1. The van der Waals surface area contributed by atoms with Crippen LogP contribution in [-0.2, 0) is 19.2 Å². The van der Waals surface area contributed by atoms with Crippen molar-refractivity contribution in [2.75, 3.05) is 46.7 Å². The Labute approximate surface area is 326 Å². The maximum absolute atomic E-state index is 14.3. The highest BCUT2D eigenvalue weighted by Gasteiger charge is 2.58. The Bertz CT molecular complexity index is 1230. The highest BCUT2D eigenvalue weighted by molar-refractivity contribution is 9.09. The van der Waals surface area contributed by atoms with Gasteiger partial charge in [0.2, 0.25) is 11.8 Å². The summed E-state index contributed by atoms with van der Waals surface area (Å²) in [6.45, 7) is 9.69. The van der Waals surface area contributed by atoms with E-state index in [9.17, 15) is 19.8 Å². The zero-order valence-corrected chi connectivity index (χ0v) is 35.2. The van der Waals surface area contributed by atoms with Crippen molar-refractivity contribution in [3.8, 4) is 0 Å². The molecule has 5 saturated carbocycles. The van der Waals surface area contributed by atoms with E-state index in [1.54, 1.807) is 12.0 Å². The first-order valence-electron chi connectivity index (χ1n) is 20.5. The van der Waals surface area contributed by atoms with Crippen LogP contribution in [0.15, 0.2) is 0 Å². The molecule has 2 aliphatic heterocycles. The van der Waals surface area contributed by atoms with E-state index in [4.69, 9.17) is 9.57 Å². The minimum absolute atomic E-state index is 0.0184. The number of alkyl halides is 1. The lowest BCUT2D eigenvalue weighted by atomic mass is 9.45. The molecule has 4 N–H and O–H groups in total. The number of fused-ring (bicyclic) bond motifs is 2. The largest absolute Gasteiger partial charge is 0.394 e. The van der Waals surface area contributed by atoms with Crippen molar-refractivity contribution in [2.45, 2.75) is 138 Å². The quantitative estimate of drug-likeness (QED) is 0.196. The third kappa shape index (κ3) is 8.59. The Morgan fingerprint density at radius 2 is 1.88 bits per heavy atom. The molecule has 5 aliphatic carbocycles. The molecule has 7 fully saturated rings. The maximum Gasteiger partial charge on any atom is 0.240 e. The van der Waals surface area contributed by atoms with Gasteiger partial charge in [-0.05, 0) is 114 Å². The standard InChI is InChI=1S/C40H69BrN4O6S/c1-22-32-16-27(40(32,3)4)17-33(22)43-39(49)36-35(23(2)47)34(20-46)51-45(36)19-24-9-8-10-31(37(24)50-7)25-13-26(15-29(14-25)44(5)6)38(48)42-12-11-30-18-28(41)21-52-30/h22-37,46-47H,8-21H2,1-7H3,(H,42,48)(H,43,49)/t22-,23-,24?,25?,26?,27+,28?,29?,30?,31?,32-,33-,34-,35-,36-,37?/m0/s1. The van der Waals surface area contributed by atoms with Crippen LogP contribution in [0.2, 0.25) is 0 Å². The molecule has 2 saturated heterocycles. The Morgan fingerprint density at radius 3 is 2.50 bits per heavy atom. The van der Waals surface area contributed by atoms with Gasteiger partial charge in [0, 0.05) is 65.9 Å². The lowest BCUT2D eigenvalue weighted by molar-refractivity contribution is -0.193. The molecular formula is C40H69BrN4O6S. The van der Waals surface area contributed by atoms with E-state index < -0.39 is 24.2 Å². The van der Waals surface area contributed by atoms with Crippen molar-refractivity contribution in [1.82, 2.24) is 20.6 Å². The number of carbonyl (C=O) groups is 2. The molecule has 52 heavy (non-hydrogen) atoms. The van der Waals surface area contributed by atoms with Crippen molar-refractivity contribution >= 4 is 39.5 Å². The maximum atomic E-state index is 14.3. The minimum Gasteiger partial charge on any atom is -0.394 e. The molecule has 0 aromatic heterocycles. The third-order valence-electron chi connectivity index (χ3n) is 15.0. The molecule has 7 rings (SSSR count). The van der Waals surface area contributed by atoms with Crippen LogP contribution in [0.1, 0.15) is 91.9 Å². The summed E-state index contributed by atoms with van der Waals surface area (Å²) >= 11 is 5.76. The molecule has 10 nitrogen and oxygen atoms in total. The van der Waals surface area contributed by atoms with Gasteiger partial charge in [-0.15, -0.1) is 0 Å². The van der Waals surface area contributed by atoms with Crippen LogP contribution in [0.3, 0.4) is 0 Å². The average Bonchev–Trinajstić information content (AvgIpc) is 3.71. The van der Waals surface area contributed by atoms with E-state index in [-0.39, 0.29) is 42.4 Å². The second-order valence-corrected chi connectivity index (χ2v) is 21.1. The summed E-state index contributed by atoms with van der Waals surface area (Å²) in [6, 6.07) is -0.265. The number of hydroxylamine groups is 2. The summed E-state index contributed by atoms with van der Waals surface area (Å²) in [7, 11) is 6.08. The van der Waals surface area contributed by atoms with Crippen LogP contribution in [0.4, 0.5) is 0 Å². The second-order valence-electron chi connectivity index (χ2n) is 18.5. The van der Waals surface area contributed by atoms with E-state index in [1.807, 2.05) is 18.9 Å². The summed E-state index contributed by atoms with van der Waals surface area (Å²) in [5.41, 5.74) is 0.320. The lowest BCUT2D eigenvalue weighted by Crippen LogP contribution is -2.62. The monoisotopic (exact) mass is 812 g/mol. The topological polar surface area (TPSA) is 124 Å². The van der Waals surface area contributed by atoms with Crippen molar-refractivity contribution in [1.29, 1.82) is 0 Å². The third-order valence-corrected chi connectivity index (χ3v) is 17.6. The predicted molar refractivity (Wildman–Crippen MR) is 210 cm³/mol. The Kier molecular flexibility index (Phi) is 13.7. The normalized spacial score (nSPS) is 43.9. The molecular weight excluding hydrogens is 744 g/mol. The Morgan fingerprint density at radius 1 is 1.12 bits per heavy atom. The van der Waals surface area contributed by atoms with Crippen LogP contribution in [0, 0.1) is 52.8 Å². The minimum atomic E-state index is -0.821. The Hall–Kier alpha value is -0.470. The fourth-order valence-corrected chi connectivity index (χ4v) is 14.2. The van der Waals surface area contributed by atoms with Crippen molar-refractivity contribution in [3.05, 3.63) is 0 Å². The number of ether oxygens (including phenoxy) is 1. The van der Waals surface area contributed by atoms with Gasteiger partial charge in [0.05, 0.1) is 18.8 Å². The lowest BCUT2D eigenvalue weighted by Gasteiger charge is -2.62. The van der Waals surface area contributed by atoms with Gasteiger partial charge in [-0.25, -0.2) is 0 Å². The van der Waals surface area contributed by atoms with E-state index in [2.05, 4.69) is 66.3 Å². The molecule has 2 amide bonds. The van der Waals surface area contributed by atoms with E-state index in [0.717, 1.165) is 63.7 Å². The predicted octanol–water partition coefficient (Wildman–Crippen LogP) is 4.70.